The van der Waals surface area contributed by atoms with E-state index in [1.807, 2.05) is 0 Å². The molecule has 0 unspecified atom stereocenters. The summed E-state index contributed by atoms with van der Waals surface area (Å²) < 4.78 is 3.72. The van der Waals surface area contributed by atoms with Gasteiger partial charge in [0.2, 0.25) is 0 Å². The van der Waals surface area contributed by atoms with Gasteiger partial charge in [-0.05, 0) is 66.8 Å². The molecule has 0 atom stereocenters. The van der Waals surface area contributed by atoms with Crippen molar-refractivity contribution in [3.63, 3.8) is 0 Å². The summed E-state index contributed by atoms with van der Waals surface area (Å²) in [5.41, 5.74) is 5.64. The fourth-order valence-corrected chi connectivity index (χ4v) is 4.27. The van der Waals surface area contributed by atoms with Crippen LogP contribution in [0.4, 0.5) is 0 Å². The SMILES string of the molecule is Cc1ccc2c(Br)c(C3CCNCC3)n(C)c2c1C. The van der Waals surface area contributed by atoms with Crippen LogP contribution in [0.5, 0.6) is 0 Å². The van der Waals surface area contributed by atoms with Crippen LogP contribution in [0.1, 0.15) is 35.6 Å². The molecule has 0 aliphatic carbocycles. The van der Waals surface area contributed by atoms with Crippen LogP contribution in [-0.4, -0.2) is 17.7 Å². The van der Waals surface area contributed by atoms with Crippen molar-refractivity contribution in [3.8, 4) is 0 Å². The Balaban J connectivity index is 2.22. The number of nitrogens with one attached hydrogen (secondary N) is 1. The minimum atomic E-state index is 0.674. The summed E-state index contributed by atoms with van der Waals surface area (Å²) in [6.45, 7) is 6.70. The van der Waals surface area contributed by atoms with Crippen LogP contribution in [0.25, 0.3) is 10.9 Å². The largest absolute Gasteiger partial charge is 0.346 e. The lowest BCUT2D eigenvalue weighted by Gasteiger charge is -2.24. The Morgan fingerprint density at radius 3 is 2.58 bits per heavy atom. The first-order valence-electron chi connectivity index (χ1n) is 7.06. The van der Waals surface area contributed by atoms with Crippen LogP contribution < -0.4 is 5.32 Å². The third kappa shape index (κ3) is 2.03. The van der Waals surface area contributed by atoms with E-state index in [-0.39, 0.29) is 0 Å². The Bertz CT molecular complexity index is 621. The quantitative estimate of drug-likeness (QED) is 0.839. The number of aryl methyl sites for hydroxylation is 3. The Kier molecular flexibility index (Phi) is 3.44. The van der Waals surface area contributed by atoms with Crippen molar-refractivity contribution in [2.24, 2.45) is 7.05 Å². The molecule has 1 aliphatic heterocycles. The normalized spacial score (nSPS) is 17.3. The van der Waals surface area contributed by atoms with Gasteiger partial charge in [0.15, 0.2) is 0 Å². The maximum absolute atomic E-state index is 3.86. The number of hydrogen-bond acceptors (Lipinski definition) is 1. The maximum Gasteiger partial charge on any atom is 0.0524 e. The average Bonchev–Trinajstić information content (AvgIpc) is 2.67. The number of benzene rings is 1. The standard InChI is InChI=1S/C16H21BrN2/c1-10-4-5-13-14(17)16(12-6-8-18-9-7-12)19(3)15(13)11(10)2/h4-5,12,18H,6-9H2,1-3H3. The zero-order valence-electron chi connectivity index (χ0n) is 11.9. The molecule has 0 bridgehead atoms. The molecule has 1 aliphatic rings. The minimum Gasteiger partial charge on any atom is -0.346 e. The van der Waals surface area contributed by atoms with Gasteiger partial charge in [0.1, 0.15) is 0 Å². The summed E-state index contributed by atoms with van der Waals surface area (Å²) in [5, 5.41) is 4.81. The van der Waals surface area contributed by atoms with E-state index in [0.29, 0.717) is 5.92 Å². The highest BCUT2D eigenvalue weighted by Gasteiger charge is 2.24. The van der Waals surface area contributed by atoms with Crippen molar-refractivity contribution < 1.29 is 0 Å². The second kappa shape index (κ2) is 4.95. The third-order valence-corrected chi connectivity index (χ3v) is 5.42. The van der Waals surface area contributed by atoms with E-state index in [4.69, 9.17) is 0 Å². The predicted octanol–water partition coefficient (Wildman–Crippen LogP) is 4.02. The van der Waals surface area contributed by atoms with E-state index < -0.39 is 0 Å². The van der Waals surface area contributed by atoms with Crippen molar-refractivity contribution in [2.45, 2.75) is 32.6 Å². The first kappa shape index (κ1) is 13.2. The van der Waals surface area contributed by atoms with Crippen molar-refractivity contribution in [3.05, 3.63) is 33.4 Å². The second-order valence-corrected chi connectivity index (χ2v) is 6.48. The molecular formula is C16H21BrN2. The molecule has 3 heteroatoms. The number of nitrogens with zero attached hydrogens (tertiary/aromatic N) is 1. The zero-order chi connectivity index (χ0) is 13.6. The van der Waals surface area contributed by atoms with Crippen LogP contribution in [0.2, 0.25) is 0 Å². The molecule has 1 fully saturated rings. The summed E-state index contributed by atoms with van der Waals surface area (Å²) in [6.07, 6.45) is 2.47. The Morgan fingerprint density at radius 1 is 1.21 bits per heavy atom. The van der Waals surface area contributed by atoms with E-state index in [1.165, 1.54) is 45.0 Å². The third-order valence-electron chi connectivity index (χ3n) is 4.59. The van der Waals surface area contributed by atoms with Crippen molar-refractivity contribution in [2.75, 3.05) is 13.1 Å². The highest BCUT2D eigenvalue weighted by atomic mass is 79.9. The van der Waals surface area contributed by atoms with E-state index in [1.54, 1.807) is 0 Å². The molecule has 0 spiro atoms. The van der Waals surface area contributed by atoms with Gasteiger partial charge in [-0.3, -0.25) is 0 Å². The van der Waals surface area contributed by atoms with E-state index in [2.05, 4.69) is 58.8 Å². The molecule has 1 saturated heterocycles. The van der Waals surface area contributed by atoms with Crippen molar-refractivity contribution >= 4 is 26.8 Å². The molecule has 0 amide bonds. The molecule has 2 aromatic rings. The van der Waals surface area contributed by atoms with Gasteiger partial charge in [0.05, 0.1) is 5.52 Å². The van der Waals surface area contributed by atoms with Gasteiger partial charge in [-0.25, -0.2) is 0 Å². The van der Waals surface area contributed by atoms with Gasteiger partial charge in [0.25, 0.3) is 0 Å². The molecule has 0 saturated carbocycles. The first-order chi connectivity index (χ1) is 9.11. The molecule has 0 radical (unpaired) electrons. The average molecular weight is 321 g/mol. The molecule has 2 heterocycles. The van der Waals surface area contributed by atoms with Crippen LogP contribution >= 0.6 is 15.9 Å². The van der Waals surface area contributed by atoms with Gasteiger partial charge >= 0.3 is 0 Å². The fraction of sp³-hybridized carbons (Fsp3) is 0.500. The molecule has 3 rings (SSSR count). The van der Waals surface area contributed by atoms with Crippen molar-refractivity contribution in [1.29, 1.82) is 0 Å². The summed E-state index contributed by atoms with van der Waals surface area (Å²) in [7, 11) is 2.22. The topological polar surface area (TPSA) is 17.0 Å². The predicted molar refractivity (Wildman–Crippen MR) is 84.9 cm³/mol. The Hall–Kier alpha value is -0.800. The summed E-state index contributed by atoms with van der Waals surface area (Å²) >= 11 is 3.86. The molecule has 19 heavy (non-hydrogen) atoms. The van der Waals surface area contributed by atoms with Gasteiger partial charge in [0, 0.05) is 28.5 Å². The lowest BCUT2D eigenvalue weighted by Crippen LogP contribution is -2.27. The van der Waals surface area contributed by atoms with E-state index >= 15 is 0 Å². The second-order valence-electron chi connectivity index (χ2n) is 5.69. The lowest BCUT2D eigenvalue weighted by atomic mass is 9.94. The van der Waals surface area contributed by atoms with Gasteiger partial charge in [-0.2, -0.15) is 0 Å². The Labute approximate surface area is 123 Å². The number of aromatic nitrogens is 1. The van der Waals surface area contributed by atoms with E-state index in [9.17, 15) is 0 Å². The highest BCUT2D eigenvalue weighted by molar-refractivity contribution is 9.10. The van der Waals surface area contributed by atoms with Gasteiger partial charge in [-0.15, -0.1) is 0 Å². The number of fused-ring (bicyclic) bond motifs is 1. The maximum atomic E-state index is 3.86. The summed E-state index contributed by atoms with van der Waals surface area (Å²) in [6, 6.07) is 4.49. The minimum absolute atomic E-state index is 0.674. The summed E-state index contributed by atoms with van der Waals surface area (Å²) in [5.74, 6) is 0.674. The molecular weight excluding hydrogens is 300 g/mol. The number of hydrogen-bond donors (Lipinski definition) is 1. The van der Waals surface area contributed by atoms with Crippen LogP contribution in [0, 0.1) is 13.8 Å². The zero-order valence-corrected chi connectivity index (χ0v) is 13.5. The number of halogens is 1. The fourth-order valence-electron chi connectivity index (χ4n) is 3.36. The number of piperidine rings is 1. The smallest absolute Gasteiger partial charge is 0.0524 e. The van der Waals surface area contributed by atoms with Crippen LogP contribution in [-0.2, 0) is 7.05 Å². The van der Waals surface area contributed by atoms with Crippen molar-refractivity contribution in [1.82, 2.24) is 9.88 Å². The lowest BCUT2D eigenvalue weighted by molar-refractivity contribution is 0.445. The molecule has 1 N–H and O–H groups in total. The Morgan fingerprint density at radius 2 is 1.89 bits per heavy atom. The van der Waals surface area contributed by atoms with Gasteiger partial charge < -0.3 is 9.88 Å². The molecule has 2 nitrogen and oxygen atoms in total. The van der Waals surface area contributed by atoms with Crippen LogP contribution in [0.3, 0.4) is 0 Å². The summed E-state index contributed by atoms with van der Waals surface area (Å²) in [4.78, 5) is 0. The van der Waals surface area contributed by atoms with Crippen LogP contribution in [0.15, 0.2) is 16.6 Å². The first-order valence-corrected chi connectivity index (χ1v) is 7.85. The molecule has 102 valence electrons. The number of rotatable bonds is 1. The molecule has 1 aromatic heterocycles. The van der Waals surface area contributed by atoms with Gasteiger partial charge in [-0.1, -0.05) is 12.1 Å². The highest BCUT2D eigenvalue weighted by Crippen LogP contribution is 2.39. The monoisotopic (exact) mass is 320 g/mol. The van der Waals surface area contributed by atoms with E-state index in [0.717, 1.165) is 13.1 Å². The molecule has 1 aromatic carbocycles.